The maximum Gasteiger partial charge on any atom is 0.336 e. The second-order valence-corrected chi connectivity index (χ2v) is 7.11. The van der Waals surface area contributed by atoms with Gasteiger partial charge in [0.15, 0.2) is 5.82 Å². The molecule has 8 nitrogen and oxygen atoms in total. The fourth-order valence-corrected chi connectivity index (χ4v) is 3.48. The number of carbonyl (C=O) groups is 1. The van der Waals surface area contributed by atoms with Crippen molar-refractivity contribution in [1.82, 2.24) is 24.6 Å². The third kappa shape index (κ3) is 4.09. The van der Waals surface area contributed by atoms with Crippen molar-refractivity contribution in [2.75, 3.05) is 25.5 Å². The summed E-state index contributed by atoms with van der Waals surface area (Å²) in [5, 5.41) is 16.8. The lowest BCUT2D eigenvalue weighted by atomic mass is 10.0. The van der Waals surface area contributed by atoms with E-state index in [0.717, 1.165) is 32.1 Å². The number of nitrogens with one attached hydrogen (secondary N) is 1. The number of nitrogens with zero attached hydrogens (tertiary/aromatic N) is 5. The molecule has 0 atom stereocenters. The van der Waals surface area contributed by atoms with E-state index in [2.05, 4.69) is 32.3 Å². The lowest BCUT2D eigenvalue weighted by molar-refractivity contribution is 0.0697. The number of benzene rings is 1. The van der Waals surface area contributed by atoms with Crippen LogP contribution in [0.15, 0.2) is 42.9 Å². The molecule has 1 aliphatic rings. The van der Waals surface area contributed by atoms with E-state index in [0.29, 0.717) is 11.7 Å². The summed E-state index contributed by atoms with van der Waals surface area (Å²) in [6.07, 6.45) is 6.65. The molecule has 2 aromatic heterocycles. The summed E-state index contributed by atoms with van der Waals surface area (Å²) in [6, 6.07) is 6.51. The Bertz CT molecular complexity index is 1030. The number of aromatic carboxylic acids is 1. The maximum absolute atomic E-state index is 14.3. The SMILES string of the molecule is CN1CCC(n2cc(Nc3ncc(F)c(-c4ccccc4C(=O)O)n3)cn2)CC1. The van der Waals surface area contributed by atoms with Crippen LogP contribution in [0.25, 0.3) is 11.3 Å². The summed E-state index contributed by atoms with van der Waals surface area (Å²) >= 11 is 0. The minimum Gasteiger partial charge on any atom is -0.478 e. The minimum atomic E-state index is -1.15. The molecule has 0 aliphatic carbocycles. The van der Waals surface area contributed by atoms with Crippen LogP contribution in [0.5, 0.6) is 0 Å². The zero-order valence-electron chi connectivity index (χ0n) is 15.9. The molecule has 1 saturated heterocycles. The van der Waals surface area contributed by atoms with E-state index in [4.69, 9.17) is 0 Å². The number of hydrogen-bond donors (Lipinski definition) is 2. The second-order valence-electron chi connectivity index (χ2n) is 7.11. The molecule has 0 radical (unpaired) electrons. The van der Waals surface area contributed by atoms with Gasteiger partial charge in [0, 0.05) is 11.8 Å². The van der Waals surface area contributed by atoms with Gasteiger partial charge >= 0.3 is 5.97 Å². The van der Waals surface area contributed by atoms with E-state index in [1.54, 1.807) is 18.3 Å². The first-order valence-corrected chi connectivity index (χ1v) is 9.36. The van der Waals surface area contributed by atoms with Crippen LogP contribution in [0.1, 0.15) is 29.2 Å². The lowest BCUT2D eigenvalue weighted by Gasteiger charge is -2.28. The molecule has 1 aromatic carbocycles. The highest BCUT2D eigenvalue weighted by Gasteiger charge is 2.20. The summed E-state index contributed by atoms with van der Waals surface area (Å²) < 4.78 is 16.3. The van der Waals surface area contributed by atoms with Gasteiger partial charge in [-0.05, 0) is 39.0 Å². The molecule has 1 fully saturated rings. The minimum absolute atomic E-state index is 0.0221. The Morgan fingerprint density at radius 2 is 2.00 bits per heavy atom. The fourth-order valence-electron chi connectivity index (χ4n) is 3.48. The summed E-state index contributed by atoms with van der Waals surface area (Å²) in [7, 11) is 2.11. The molecule has 0 amide bonds. The summed E-state index contributed by atoms with van der Waals surface area (Å²) in [4.78, 5) is 21.9. The molecule has 0 saturated carbocycles. The second kappa shape index (κ2) is 7.96. The van der Waals surface area contributed by atoms with Gasteiger partial charge in [-0.25, -0.2) is 19.2 Å². The Balaban J connectivity index is 1.57. The van der Waals surface area contributed by atoms with E-state index in [1.807, 2.05) is 10.9 Å². The number of carboxylic acid groups (broad SMARTS) is 1. The molecule has 0 unspecified atom stereocenters. The van der Waals surface area contributed by atoms with Crippen LogP contribution < -0.4 is 5.32 Å². The fraction of sp³-hybridized carbons (Fsp3) is 0.300. The van der Waals surface area contributed by atoms with Crippen LogP contribution >= 0.6 is 0 Å². The van der Waals surface area contributed by atoms with E-state index in [9.17, 15) is 14.3 Å². The first kappa shape index (κ1) is 19.0. The molecule has 4 rings (SSSR count). The number of carboxylic acids is 1. The molecule has 29 heavy (non-hydrogen) atoms. The first-order valence-electron chi connectivity index (χ1n) is 9.36. The number of anilines is 2. The van der Waals surface area contributed by atoms with E-state index in [1.165, 1.54) is 12.1 Å². The van der Waals surface area contributed by atoms with Gasteiger partial charge in [-0.15, -0.1) is 0 Å². The first-order chi connectivity index (χ1) is 14.0. The van der Waals surface area contributed by atoms with Gasteiger partial charge in [0.25, 0.3) is 0 Å². The van der Waals surface area contributed by atoms with Gasteiger partial charge in [-0.1, -0.05) is 18.2 Å². The smallest absolute Gasteiger partial charge is 0.336 e. The van der Waals surface area contributed by atoms with Crippen LogP contribution in [-0.4, -0.2) is 55.9 Å². The number of halogens is 1. The zero-order valence-corrected chi connectivity index (χ0v) is 15.9. The van der Waals surface area contributed by atoms with Crippen molar-refractivity contribution in [3.05, 3.63) is 54.2 Å². The van der Waals surface area contributed by atoms with Gasteiger partial charge in [-0.2, -0.15) is 5.10 Å². The Kier molecular flexibility index (Phi) is 5.22. The Morgan fingerprint density at radius 3 is 2.76 bits per heavy atom. The standard InChI is InChI=1S/C20H21FN6O2/c1-26-8-6-14(7-9-26)27-12-13(10-23-27)24-20-22-11-17(21)18(25-20)15-4-2-3-5-16(15)19(28)29/h2-5,10-12,14H,6-9H2,1H3,(H,28,29)(H,22,24,25). The molecule has 2 N–H and O–H groups in total. The largest absolute Gasteiger partial charge is 0.478 e. The summed E-state index contributed by atoms with van der Waals surface area (Å²) in [5.41, 5.74) is 0.798. The predicted octanol–water partition coefficient (Wildman–Crippen LogP) is 3.19. The number of piperidine rings is 1. The molecule has 9 heteroatoms. The number of hydrogen-bond acceptors (Lipinski definition) is 6. The van der Waals surface area contributed by atoms with Crippen molar-refractivity contribution < 1.29 is 14.3 Å². The van der Waals surface area contributed by atoms with Crippen molar-refractivity contribution >= 4 is 17.6 Å². The maximum atomic E-state index is 14.3. The van der Waals surface area contributed by atoms with Crippen LogP contribution in [0.3, 0.4) is 0 Å². The molecule has 3 heterocycles. The van der Waals surface area contributed by atoms with Crippen molar-refractivity contribution in [1.29, 1.82) is 0 Å². The Morgan fingerprint density at radius 1 is 1.24 bits per heavy atom. The molecule has 1 aliphatic heterocycles. The molecule has 150 valence electrons. The van der Waals surface area contributed by atoms with Gasteiger partial charge < -0.3 is 15.3 Å². The molecular weight excluding hydrogens is 375 g/mol. The van der Waals surface area contributed by atoms with Crippen molar-refractivity contribution in [2.45, 2.75) is 18.9 Å². The van der Waals surface area contributed by atoms with Gasteiger partial charge in [0.1, 0.15) is 5.69 Å². The molecule has 0 bridgehead atoms. The molecule has 3 aromatic rings. The number of likely N-dealkylation sites (tertiary alicyclic amines) is 1. The predicted molar refractivity (Wildman–Crippen MR) is 106 cm³/mol. The zero-order chi connectivity index (χ0) is 20.4. The quantitative estimate of drug-likeness (QED) is 0.684. The summed E-state index contributed by atoms with van der Waals surface area (Å²) in [5.74, 6) is -1.66. The van der Waals surface area contributed by atoms with Crippen LogP contribution in [0, 0.1) is 5.82 Å². The van der Waals surface area contributed by atoms with Crippen molar-refractivity contribution in [3.63, 3.8) is 0 Å². The number of aromatic nitrogens is 4. The van der Waals surface area contributed by atoms with Crippen LogP contribution in [0.2, 0.25) is 0 Å². The molecular formula is C20H21FN6O2. The monoisotopic (exact) mass is 396 g/mol. The topological polar surface area (TPSA) is 96.2 Å². The van der Waals surface area contributed by atoms with Crippen LogP contribution in [0.4, 0.5) is 16.0 Å². The van der Waals surface area contributed by atoms with Crippen molar-refractivity contribution in [3.8, 4) is 11.3 Å². The number of rotatable bonds is 5. The van der Waals surface area contributed by atoms with Crippen molar-refractivity contribution in [2.24, 2.45) is 0 Å². The highest BCUT2D eigenvalue weighted by molar-refractivity contribution is 5.95. The highest BCUT2D eigenvalue weighted by Crippen LogP contribution is 2.27. The van der Waals surface area contributed by atoms with E-state index < -0.39 is 11.8 Å². The van der Waals surface area contributed by atoms with Gasteiger partial charge in [0.05, 0.1) is 29.7 Å². The average molecular weight is 396 g/mol. The van der Waals surface area contributed by atoms with Gasteiger partial charge in [-0.3, -0.25) is 4.68 Å². The van der Waals surface area contributed by atoms with E-state index in [-0.39, 0.29) is 22.8 Å². The van der Waals surface area contributed by atoms with E-state index >= 15 is 0 Å². The average Bonchev–Trinajstić information content (AvgIpc) is 3.18. The third-order valence-electron chi connectivity index (χ3n) is 5.08. The Labute approximate surface area is 167 Å². The normalized spacial score (nSPS) is 15.4. The van der Waals surface area contributed by atoms with Gasteiger partial charge in [0.2, 0.25) is 5.95 Å². The molecule has 0 spiro atoms. The lowest BCUT2D eigenvalue weighted by Crippen LogP contribution is -2.31. The summed E-state index contributed by atoms with van der Waals surface area (Å²) in [6.45, 7) is 2.06. The van der Waals surface area contributed by atoms with Crippen LogP contribution in [-0.2, 0) is 0 Å². The third-order valence-corrected chi connectivity index (χ3v) is 5.08. The highest BCUT2D eigenvalue weighted by atomic mass is 19.1. The Hall–Kier alpha value is -3.33.